The van der Waals surface area contributed by atoms with E-state index in [4.69, 9.17) is 4.74 Å². The third-order valence-corrected chi connectivity index (χ3v) is 5.25. The van der Waals surface area contributed by atoms with Gasteiger partial charge in [-0.1, -0.05) is 6.92 Å². The van der Waals surface area contributed by atoms with Crippen LogP contribution in [0.25, 0.3) is 0 Å². The second kappa shape index (κ2) is 5.07. The van der Waals surface area contributed by atoms with Gasteiger partial charge in [-0.2, -0.15) is 11.8 Å². The van der Waals surface area contributed by atoms with Gasteiger partial charge in [0.15, 0.2) is 0 Å². The van der Waals surface area contributed by atoms with Gasteiger partial charge in [0.25, 0.3) is 0 Å². The lowest BCUT2D eigenvalue weighted by molar-refractivity contribution is -0.117. The first-order chi connectivity index (χ1) is 7.67. The van der Waals surface area contributed by atoms with Crippen LogP contribution in [0.5, 0.6) is 0 Å². The van der Waals surface area contributed by atoms with Gasteiger partial charge in [0.2, 0.25) is 0 Å². The van der Waals surface area contributed by atoms with E-state index in [2.05, 4.69) is 18.7 Å². The normalized spacial score (nSPS) is 41.1. The summed E-state index contributed by atoms with van der Waals surface area (Å²) in [6.45, 7) is 7.88. The molecule has 0 saturated carbocycles. The largest absolute Gasteiger partial charge is 0.380 e. The van der Waals surface area contributed by atoms with Crippen LogP contribution in [0, 0.1) is 5.41 Å². The van der Waals surface area contributed by atoms with Crippen molar-refractivity contribution >= 4 is 18.0 Å². The first kappa shape index (κ1) is 12.4. The third-order valence-electron chi connectivity index (χ3n) is 3.92. The minimum absolute atomic E-state index is 0.226. The number of aldehydes is 1. The van der Waals surface area contributed by atoms with Crippen LogP contribution in [-0.2, 0) is 9.53 Å². The van der Waals surface area contributed by atoms with Gasteiger partial charge < -0.3 is 9.53 Å². The molecule has 2 fully saturated rings. The molecule has 2 heterocycles. The molecule has 0 amide bonds. The van der Waals surface area contributed by atoms with Crippen molar-refractivity contribution in [3.63, 3.8) is 0 Å². The molecular formula is C12H21NO2S. The van der Waals surface area contributed by atoms with Crippen molar-refractivity contribution in [3.05, 3.63) is 0 Å². The van der Waals surface area contributed by atoms with Crippen LogP contribution < -0.4 is 0 Å². The molecule has 2 rings (SSSR count). The van der Waals surface area contributed by atoms with Gasteiger partial charge in [0, 0.05) is 36.7 Å². The van der Waals surface area contributed by atoms with Gasteiger partial charge >= 0.3 is 0 Å². The minimum atomic E-state index is -0.226. The van der Waals surface area contributed by atoms with Gasteiger partial charge in [0.1, 0.15) is 6.29 Å². The molecule has 3 nitrogen and oxygen atoms in total. The zero-order valence-electron chi connectivity index (χ0n) is 10.1. The van der Waals surface area contributed by atoms with Crippen LogP contribution in [-0.4, -0.2) is 54.5 Å². The summed E-state index contributed by atoms with van der Waals surface area (Å²) in [4.78, 5) is 13.7. The standard InChI is InChI=1S/C12H21NO2S/c1-10-11(2)16-6-4-13(10)7-12(8-14)3-5-15-9-12/h8,10-11H,3-7,9H2,1-2H3. The van der Waals surface area contributed by atoms with Crippen LogP contribution in [0.4, 0.5) is 0 Å². The fourth-order valence-electron chi connectivity index (χ4n) is 2.50. The van der Waals surface area contributed by atoms with E-state index in [0.29, 0.717) is 17.9 Å². The first-order valence-corrected chi connectivity index (χ1v) is 7.11. The van der Waals surface area contributed by atoms with Gasteiger partial charge in [-0.05, 0) is 13.3 Å². The summed E-state index contributed by atoms with van der Waals surface area (Å²) in [6, 6.07) is 0.566. The molecule has 92 valence electrons. The number of ether oxygens (including phenoxy) is 1. The summed E-state index contributed by atoms with van der Waals surface area (Å²) in [7, 11) is 0. The van der Waals surface area contributed by atoms with E-state index in [1.165, 1.54) is 5.75 Å². The Morgan fingerprint density at radius 2 is 2.38 bits per heavy atom. The number of carbonyl (C=O) groups excluding carboxylic acids is 1. The summed E-state index contributed by atoms with van der Waals surface area (Å²) in [5.41, 5.74) is -0.226. The van der Waals surface area contributed by atoms with Crippen molar-refractivity contribution in [2.75, 3.05) is 32.1 Å². The number of carbonyl (C=O) groups is 1. The molecule has 2 aliphatic heterocycles. The Labute approximate surface area is 102 Å². The molecule has 0 aromatic rings. The average molecular weight is 243 g/mol. The minimum Gasteiger partial charge on any atom is -0.380 e. The zero-order valence-corrected chi connectivity index (χ0v) is 11.0. The van der Waals surface area contributed by atoms with Crippen molar-refractivity contribution in [1.29, 1.82) is 0 Å². The Balaban J connectivity index is 1.99. The second-order valence-electron chi connectivity index (χ2n) is 5.07. The van der Waals surface area contributed by atoms with E-state index in [9.17, 15) is 4.79 Å². The van der Waals surface area contributed by atoms with Crippen molar-refractivity contribution in [2.24, 2.45) is 5.41 Å². The topological polar surface area (TPSA) is 29.5 Å². The van der Waals surface area contributed by atoms with E-state index in [1.54, 1.807) is 0 Å². The SMILES string of the molecule is CC1SCCN(CC2(C=O)CCOC2)C1C. The van der Waals surface area contributed by atoms with E-state index in [0.717, 1.165) is 32.4 Å². The summed E-state index contributed by atoms with van der Waals surface area (Å²) >= 11 is 2.03. The number of thioether (sulfide) groups is 1. The summed E-state index contributed by atoms with van der Waals surface area (Å²) in [5, 5.41) is 0.666. The molecule has 3 atom stereocenters. The van der Waals surface area contributed by atoms with Crippen LogP contribution in [0.2, 0.25) is 0 Å². The van der Waals surface area contributed by atoms with Crippen LogP contribution in [0.1, 0.15) is 20.3 Å². The molecule has 0 N–H and O–H groups in total. The van der Waals surface area contributed by atoms with Crippen LogP contribution >= 0.6 is 11.8 Å². The monoisotopic (exact) mass is 243 g/mol. The Hall–Kier alpha value is -0.0600. The first-order valence-electron chi connectivity index (χ1n) is 6.07. The lowest BCUT2D eigenvalue weighted by atomic mass is 9.88. The number of nitrogens with zero attached hydrogens (tertiary/aromatic N) is 1. The highest BCUT2D eigenvalue weighted by Crippen LogP contribution is 2.31. The molecule has 2 aliphatic rings. The molecule has 4 heteroatoms. The maximum Gasteiger partial charge on any atom is 0.129 e. The zero-order chi connectivity index (χ0) is 11.6. The number of hydrogen-bond donors (Lipinski definition) is 0. The predicted octanol–water partition coefficient (Wildman–Crippen LogP) is 1.42. The molecule has 16 heavy (non-hydrogen) atoms. The number of rotatable bonds is 3. The van der Waals surface area contributed by atoms with E-state index >= 15 is 0 Å². The van der Waals surface area contributed by atoms with Crippen LogP contribution in [0.15, 0.2) is 0 Å². The Bertz CT molecular complexity index is 253. The van der Waals surface area contributed by atoms with Crippen LogP contribution in [0.3, 0.4) is 0 Å². The molecule has 0 spiro atoms. The highest BCUT2D eigenvalue weighted by molar-refractivity contribution is 8.00. The van der Waals surface area contributed by atoms with Crippen molar-refractivity contribution in [1.82, 2.24) is 4.90 Å². The van der Waals surface area contributed by atoms with Gasteiger partial charge in [0.05, 0.1) is 12.0 Å². The maximum absolute atomic E-state index is 11.3. The van der Waals surface area contributed by atoms with Crippen molar-refractivity contribution in [2.45, 2.75) is 31.6 Å². The lowest BCUT2D eigenvalue weighted by Gasteiger charge is -2.40. The van der Waals surface area contributed by atoms with Crippen molar-refractivity contribution in [3.8, 4) is 0 Å². The quantitative estimate of drug-likeness (QED) is 0.701. The second-order valence-corrected chi connectivity index (χ2v) is 6.55. The molecule has 0 aliphatic carbocycles. The summed E-state index contributed by atoms with van der Waals surface area (Å²) < 4.78 is 5.39. The van der Waals surface area contributed by atoms with Gasteiger partial charge in [-0.3, -0.25) is 4.90 Å². The van der Waals surface area contributed by atoms with E-state index < -0.39 is 0 Å². The molecule has 3 unspecified atom stereocenters. The molecule has 0 bridgehead atoms. The van der Waals surface area contributed by atoms with E-state index in [1.807, 2.05) is 11.8 Å². The van der Waals surface area contributed by atoms with Gasteiger partial charge in [-0.15, -0.1) is 0 Å². The van der Waals surface area contributed by atoms with E-state index in [-0.39, 0.29) is 5.41 Å². The summed E-state index contributed by atoms with van der Waals surface area (Å²) in [5.74, 6) is 1.18. The summed E-state index contributed by atoms with van der Waals surface area (Å²) in [6.07, 6.45) is 2.01. The van der Waals surface area contributed by atoms with Crippen molar-refractivity contribution < 1.29 is 9.53 Å². The molecule has 0 radical (unpaired) electrons. The fourth-order valence-corrected chi connectivity index (χ4v) is 3.66. The Morgan fingerprint density at radius 3 is 3.00 bits per heavy atom. The number of hydrogen-bond acceptors (Lipinski definition) is 4. The molecule has 0 aromatic heterocycles. The highest BCUT2D eigenvalue weighted by atomic mass is 32.2. The predicted molar refractivity (Wildman–Crippen MR) is 66.9 cm³/mol. The third kappa shape index (κ3) is 2.44. The Morgan fingerprint density at radius 1 is 1.56 bits per heavy atom. The smallest absolute Gasteiger partial charge is 0.129 e. The lowest BCUT2D eigenvalue weighted by Crippen LogP contribution is -2.50. The average Bonchev–Trinajstić information content (AvgIpc) is 2.74. The maximum atomic E-state index is 11.3. The molecule has 0 aromatic carbocycles. The highest BCUT2D eigenvalue weighted by Gasteiger charge is 2.39. The Kier molecular flexibility index (Phi) is 3.93. The molecular weight excluding hydrogens is 222 g/mol. The fraction of sp³-hybridized carbons (Fsp3) is 0.917. The molecule has 2 saturated heterocycles. The van der Waals surface area contributed by atoms with Gasteiger partial charge in [-0.25, -0.2) is 0 Å².